The second kappa shape index (κ2) is 10.2. The van der Waals surface area contributed by atoms with Crippen molar-refractivity contribution in [3.8, 4) is 11.5 Å². The molecule has 0 saturated heterocycles. The monoisotopic (exact) mass is 416 g/mol. The molecule has 0 aliphatic rings. The van der Waals surface area contributed by atoms with E-state index < -0.39 is 5.97 Å². The normalized spacial score (nSPS) is 10.7. The largest absolute Gasteiger partial charge is 0.483 e. The third-order valence-corrected chi connectivity index (χ3v) is 4.72. The molecule has 6 nitrogen and oxygen atoms in total. The number of amides is 1. The first kappa shape index (κ1) is 21.8. The lowest BCUT2D eigenvalue weighted by molar-refractivity contribution is -0.123. The van der Waals surface area contributed by atoms with Gasteiger partial charge in [-0.2, -0.15) is 5.10 Å². The highest BCUT2D eigenvalue weighted by Gasteiger charge is 2.09. The highest BCUT2D eigenvalue weighted by Crippen LogP contribution is 2.25. The molecule has 0 bridgehead atoms. The molecule has 1 amide bonds. The first-order valence-electron chi connectivity index (χ1n) is 9.83. The highest BCUT2D eigenvalue weighted by atomic mass is 16.5. The van der Waals surface area contributed by atoms with Crippen LogP contribution in [0, 0.1) is 20.8 Å². The maximum absolute atomic E-state index is 12.1. The van der Waals surface area contributed by atoms with Crippen LogP contribution in [0.15, 0.2) is 71.8 Å². The molecule has 6 heteroatoms. The van der Waals surface area contributed by atoms with E-state index in [-0.39, 0.29) is 12.5 Å². The lowest BCUT2D eigenvalue weighted by Crippen LogP contribution is -2.25. The summed E-state index contributed by atoms with van der Waals surface area (Å²) in [5.41, 5.74) is 6.77. The number of hydrogen-bond donors (Lipinski definition) is 1. The van der Waals surface area contributed by atoms with Crippen molar-refractivity contribution in [1.82, 2.24) is 5.43 Å². The fourth-order valence-electron chi connectivity index (χ4n) is 2.86. The van der Waals surface area contributed by atoms with Crippen LogP contribution in [0.5, 0.6) is 11.5 Å². The van der Waals surface area contributed by atoms with Gasteiger partial charge in [0, 0.05) is 0 Å². The van der Waals surface area contributed by atoms with Crippen LogP contribution in [0.4, 0.5) is 0 Å². The molecule has 158 valence electrons. The zero-order chi connectivity index (χ0) is 22.2. The zero-order valence-electron chi connectivity index (χ0n) is 17.7. The standard InChI is InChI=1S/C25H24N2O4/c1-17-9-10-18(2)24(19(17)3)30-16-23(28)27-26-15-20-11-13-22(14-12-20)31-25(29)21-7-5-4-6-8-21/h4-15H,16H2,1-3H3,(H,27,28)/b26-15+. The Kier molecular flexibility index (Phi) is 7.17. The van der Waals surface area contributed by atoms with Gasteiger partial charge in [-0.15, -0.1) is 0 Å². The molecular weight excluding hydrogens is 392 g/mol. The molecule has 31 heavy (non-hydrogen) atoms. The molecule has 0 radical (unpaired) electrons. The number of rotatable bonds is 7. The Morgan fingerprint density at radius 2 is 1.58 bits per heavy atom. The molecule has 0 aromatic heterocycles. The predicted octanol–water partition coefficient (Wildman–Crippen LogP) is 4.36. The van der Waals surface area contributed by atoms with Crippen LogP contribution in [0.2, 0.25) is 0 Å². The molecule has 0 atom stereocenters. The first-order chi connectivity index (χ1) is 14.9. The molecule has 0 saturated carbocycles. The Labute approximate surface area is 181 Å². The number of aryl methyl sites for hydroxylation is 2. The van der Waals surface area contributed by atoms with Crippen LogP contribution >= 0.6 is 0 Å². The SMILES string of the molecule is Cc1ccc(C)c(OCC(=O)N/N=C/c2ccc(OC(=O)c3ccccc3)cc2)c1C. The number of ether oxygens (including phenoxy) is 2. The van der Waals surface area contributed by atoms with E-state index in [1.807, 2.05) is 39.0 Å². The van der Waals surface area contributed by atoms with E-state index in [0.29, 0.717) is 11.3 Å². The maximum Gasteiger partial charge on any atom is 0.343 e. The van der Waals surface area contributed by atoms with Crippen molar-refractivity contribution in [3.63, 3.8) is 0 Å². The maximum atomic E-state index is 12.1. The van der Waals surface area contributed by atoms with Crippen molar-refractivity contribution in [3.05, 3.63) is 94.5 Å². The molecular formula is C25H24N2O4. The van der Waals surface area contributed by atoms with Gasteiger partial charge < -0.3 is 9.47 Å². The average Bonchev–Trinajstić information content (AvgIpc) is 2.78. The number of hydrazone groups is 1. The fourth-order valence-corrected chi connectivity index (χ4v) is 2.86. The topological polar surface area (TPSA) is 77.0 Å². The van der Waals surface area contributed by atoms with Gasteiger partial charge in [0.25, 0.3) is 5.91 Å². The van der Waals surface area contributed by atoms with Crippen LogP contribution in [-0.4, -0.2) is 24.7 Å². The molecule has 0 unspecified atom stereocenters. The van der Waals surface area contributed by atoms with E-state index in [4.69, 9.17) is 9.47 Å². The molecule has 3 aromatic carbocycles. The minimum Gasteiger partial charge on any atom is -0.483 e. The van der Waals surface area contributed by atoms with Crippen molar-refractivity contribution >= 4 is 18.1 Å². The molecule has 0 aliphatic heterocycles. The molecule has 3 aromatic rings. The van der Waals surface area contributed by atoms with Crippen molar-refractivity contribution in [2.24, 2.45) is 5.10 Å². The summed E-state index contributed by atoms with van der Waals surface area (Å²) in [5, 5.41) is 3.94. The van der Waals surface area contributed by atoms with Crippen molar-refractivity contribution in [2.45, 2.75) is 20.8 Å². The quantitative estimate of drug-likeness (QED) is 0.269. The lowest BCUT2D eigenvalue weighted by atomic mass is 10.1. The Bertz CT molecular complexity index is 1090. The highest BCUT2D eigenvalue weighted by molar-refractivity contribution is 5.91. The summed E-state index contributed by atoms with van der Waals surface area (Å²) in [7, 11) is 0. The van der Waals surface area contributed by atoms with E-state index in [1.165, 1.54) is 6.21 Å². The van der Waals surface area contributed by atoms with Crippen LogP contribution in [0.1, 0.15) is 32.6 Å². The second-order valence-corrected chi connectivity index (χ2v) is 7.06. The minimum atomic E-state index is -0.423. The van der Waals surface area contributed by atoms with E-state index in [2.05, 4.69) is 10.5 Å². The van der Waals surface area contributed by atoms with Crippen molar-refractivity contribution < 1.29 is 19.1 Å². The van der Waals surface area contributed by atoms with E-state index in [0.717, 1.165) is 28.0 Å². The molecule has 0 heterocycles. The van der Waals surface area contributed by atoms with Gasteiger partial charge in [-0.25, -0.2) is 10.2 Å². The van der Waals surface area contributed by atoms with Crippen LogP contribution < -0.4 is 14.9 Å². The number of carbonyl (C=O) groups is 2. The third-order valence-electron chi connectivity index (χ3n) is 4.72. The number of esters is 1. The molecule has 0 aliphatic carbocycles. The van der Waals surface area contributed by atoms with E-state index in [1.54, 1.807) is 48.5 Å². The van der Waals surface area contributed by atoms with Gasteiger partial charge in [0.15, 0.2) is 6.61 Å². The van der Waals surface area contributed by atoms with Crippen LogP contribution in [-0.2, 0) is 4.79 Å². The predicted molar refractivity (Wildman–Crippen MR) is 120 cm³/mol. The number of benzene rings is 3. The summed E-state index contributed by atoms with van der Waals surface area (Å²) in [6.45, 7) is 5.78. The summed E-state index contributed by atoms with van der Waals surface area (Å²) >= 11 is 0. The smallest absolute Gasteiger partial charge is 0.343 e. The van der Waals surface area contributed by atoms with Gasteiger partial charge in [-0.05, 0) is 79.4 Å². The van der Waals surface area contributed by atoms with Crippen molar-refractivity contribution in [1.29, 1.82) is 0 Å². The van der Waals surface area contributed by atoms with Gasteiger partial charge in [0.1, 0.15) is 11.5 Å². The Hall–Kier alpha value is -3.93. The average molecular weight is 416 g/mol. The van der Waals surface area contributed by atoms with Gasteiger partial charge in [-0.3, -0.25) is 4.79 Å². The van der Waals surface area contributed by atoms with Crippen LogP contribution in [0.25, 0.3) is 0 Å². The Morgan fingerprint density at radius 3 is 2.29 bits per heavy atom. The summed E-state index contributed by atoms with van der Waals surface area (Å²) in [6, 6.07) is 19.6. The summed E-state index contributed by atoms with van der Waals surface area (Å²) in [4.78, 5) is 24.1. The Balaban J connectivity index is 1.49. The minimum absolute atomic E-state index is 0.128. The number of nitrogens with zero attached hydrogens (tertiary/aromatic N) is 1. The van der Waals surface area contributed by atoms with Gasteiger partial charge in [-0.1, -0.05) is 30.3 Å². The van der Waals surface area contributed by atoms with Crippen molar-refractivity contribution in [2.75, 3.05) is 6.61 Å². The number of nitrogens with one attached hydrogen (secondary N) is 1. The Morgan fingerprint density at radius 1 is 0.903 bits per heavy atom. The number of hydrogen-bond acceptors (Lipinski definition) is 5. The lowest BCUT2D eigenvalue weighted by Gasteiger charge is -2.13. The molecule has 0 fully saturated rings. The van der Waals surface area contributed by atoms with Gasteiger partial charge >= 0.3 is 5.97 Å². The summed E-state index contributed by atoms with van der Waals surface area (Å²) in [5.74, 6) is 0.366. The van der Waals surface area contributed by atoms with Gasteiger partial charge in [0.05, 0.1) is 11.8 Å². The third kappa shape index (κ3) is 6.02. The summed E-state index contributed by atoms with van der Waals surface area (Å²) < 4.78 is 11.0. The van der Waals surface area contributed by atoms with Gasteiger partial charge in [0.2, 0.25) is 0 Å². The van der Waals surface area contributed by atoms with E-state index >= 15 is 0 Å². The van der Waals surface area contributed by atoms with E-state index in [9.17, 15) is 9.59 Å². The second-order valence-electron chi connectivity index (χ2n) is 7.06. The first-order valence-corrected chi connectivity index (χ1v) is 9.83. The molecule has 1 N–H and O–H groups in total. The molecule has 0 spiro atoms. The summed E-state index contributed by atoms with van der Waals surface area (Å²) in [6.07, 6.45) is 1.50. The van der Waals surface area contributed by atoms with Crippen LogP contribution in [0.3, 0.4) is 0 Å². The number of carbonyl (C=O) groups excluding carboxylic acids is 2. The molecule has 3 rings (SSSR count). The zero-order valence-corrected chi connectivity index (χ0v) is 17.7. The fraction of sp³-hybridized carbons (Fsp3) is 0.160.